The first-order valence-electron chi connectivity index (χ1n) is 7.77. The van der Waals surface area contributed by atoms with Gasteiger partial charge in [0.2, 0.25) is 5.91 Å². The summed E-state index contributed by atoms with van der Waals surface area (Å²) >= 11 is 2.53. The van der Waals surface area contributed by atoms with Gasteiger partial charge >= 0.3 is 0 Å². The highest BCUT2D eigenvalue weighted by molar-refractivity contribution is 7.99. The lowest BCUT2D eigenvalue weighted by molar-refractivity contribution is -0.113. The van der Waals surface area contributed by atoms with Crippen molar-refractivity contribution in [3.8, 4) is 5.75 Å². The van der Waals surface area contributed by atoms with E-state index in [2.05, 4.69) is 20.5 Å². The fourth-order valence-corrected chi connectivity index (χ4v) is 3.45. The molecule has 1 atom stereocenters. The lowest BCUT2D eigenvalue weighted by Crippen LogP contribution is -2.14. The molecule has 0 aliphatic carbocycles. The molecule has 0 aliphatic rings. The van der Waals surface area contributed by atoms with Gasteiger partial charge in [0.1, 0.15) is 5.82 Å². The molecule has 0 bridgehead atoms. The van der Waals surface area contributed by atoms with E-state index < -0.39 is 17.7 Å². The Bertz CT molecular complexity index is 933. The van der Waals surface area contributed by atoms with E-state index in [1.54, 1.807) is 30.1 Å². The zero-order chi connectivity index (χ0) is 19.4. The van der Waals surface area contributed by atoms with Gasteiger partial charge in [0.15, 0.2) is 33.8 Å². The first-order valence-corrected chi connectivity index (χ1v) is 9.63. The fraction of sp³-hybridized carbons (Fsp3) is 0.250. The molecule has 2 aromatic heterocycles. The monoisotopic (exact) mass is 411 g/mol. The second kappa shape index (κ2) is 8.44. The van der Waals surface area contributed by atoms with Crippen molar-refractivity contribution in [2.24, 2.45) is 7.05 Å². The number of nitrogens with zero attached hydrogens (tertiary/aromatic N) is 4. The van der Waals surface area contributed by atoms with Crippen molar-refractivity contribution in [1.82, 2.24) is 19.7 Å². The number of anilines is 1. The molecule has 11 heteroatoms. The quantitative estimate of drug-likeness (QED) is 0.600. The van der Waals surface area contributed by atoms with E-state index in [-0.39, 0.29) is 17.4 Å². The summed E-state index contributed by atoms with van der Waals surface area (Å²) < 4.78 is 33.9. The highest BCUT2D eigenvalue weighted by Gasteiger charge is 2.19. The average Bonchev–Trinajstić information content (AvgIpc) is 3.25. The minimum absolute atomic E-state index is 0.0797. The standard InChI is InChI=1S/C16H15F2N5O2S2/c1-9(25-12-4-3-10(17)7-11(12)18)14-21-22-16(23(14)2)27-8-13(24)20-15-19-5-6-26-15/h3-7,9H,8H2,1-2H3,(H,19,20,24). The summed E-state index contributed by atoms with van der Waals surface area (Å²) in [6, 6.07) is 3.08. The molecule has 3 rings (SSSR count). The van der Waals surface area contributed by atoms with E-state index >= 15 is 0 Å². The molecule has 0 aliphatic heterocycles. The molecule has 1 unspecified atom stereocenters. The minimum atomic E-state index is -0.794. The summed E-state index contributed by atoms with van der Waals surface area (Å²) in [6.45, 7) is 1.68. The Morgan fingerprint density at radius 3 is 2.93 bits per heavy atom. The van der Waals surface area contributed by atoms with Crippen molar-refractivity contribution >= 4 is 34.1 Å². The number of nitrogens with one attached hydrogen (secondary N) is 1. The fourth-order valence-electron chi connectivity index (χ4n) is 2.19. The lowest BCUT2D eigenvalue weighted by atomic mass is 10.3. The molecule has 27 heavy (non-hydrogen) atoms. The predicted molar refractivity (Wildman–Crippen MR) is 97.9 cm³/mol. The van der Waals surface area contributed by atoms with Crippen molar-refractivity contribution in [2.45, 2.75) is 18.2 Å². The number of carbonyl (C=O) groups is 1. The number of aromatic nitrogens is 4. The van der Waals surface area contributed by atoms with E-state index in [1.807, 2.05) is 0 Å². The van der Waals surface area contributed by atoms with E-state index in [0.717, 1.165) is 12.1 Å². The van der Waals surface area contributed by atoms with E-state index in [9.17, 15) is 13.6 Å². The largest absolute Gasteiger partial charge is 0.480 e. The topological polar surface area (TPSA) is 81.9 Å². The molecule has 1 amide bonds. The predicted octanol–water partition coefficient (Wildman–Crippen LogP) is 3.42. The van der Waals surface area contributed by atoms with Gasteiger partial charge in [0.05, 0.1) is 5.75 Å². The summed E-state index contributed by atoms with van der Waals surface area (Å²) in [5.41, 5.74) is 0. The number of rotatable bonds is 7. The number of thiazole rings is 1. The maximum absolute atomic E-state index is 13.7. The first-order chi connectivity index (χ1) is 12.9. The second-order valence-corrected chi connectivity index (χ2v) is 7.25. The number of carbonyl (C=O) groups excluding carboxylic acids is 1. The normalized spacial score (nSPS) is 12.0. The molecule has 0 saturated heterocycles. The third kappa shape index (κ3) is 4.80. The van der Waals surface area contributed by atoms with Gasteiger partial charge in [-0.25, -0.2) is 13.8 Å². The van der Waals surface area contributed by atoms with Crippen LogP contribution in [0.4, 0.5) is 13.9 Å². The van der Waals surface area contributed by atoms with Crippen LogP contribution in [0.25, 0.3) is 0 Å². The maximum atomic E-state index is 13.7. The smallest absolute Gasteiger partial charge is 0.236 e. The van der Waals surface area contributed by atoms with Crippen molar-refractivity contribution in [1.29, 1.82) is 0 Å². The Balaban J connectivity index is 1.61. The highest BCUT2D eigenvalue weighted by atomic mass is 32.2. The molecule has 2 heterocycles. The molecule has 1 N–H and O–H groups in total. The van der Waals surface area contributed by atoms with E-state index in [1.165, 1.54) is 29.2 Å². The van der Waals surface area contributed by atoms with Crippen molar-refractivity contribution in [3.05, 3.63) is 47.2 Å². The summed E-state index contributed by atoms with van der Waals surface area (Å²) in [5, 5.41) is 13.6. The third-order valence-electron chi connectivity index (χ3n) is 3.44. The number of ether oxygens (including phenoxy) is 1. The molecule has 3 aromatic rings. The number of hydrogen-bond donors (Lipinski definition) is 1. The van der Waals surface area contributed by atoms with Crippen molar-refractivity contribution < 1.29 is 18.3 Å². The lowest BCUT2D eigenvalue weighted by Gasteiger charge is -2.14. The molecule has 0 radical (unpaired) electrons. The van der Waals surface area contributed by atoms with Crippen LogP contribution in [-0.4, -0.2) is 31.4 Å². The second-order valence-electron chi connectivity index (χ2n) is 5.41. The number of benzene rings is 1. The van der Waals surface area contributed by atoms with Gasteiger partial charge < -0.3 is 14.6 Å². The van der Waals surface area contributed by atoms with Gasteiger partial charge in [-0.1, -0.05) is 11.8 Å². The van der Waals surface area contributed by atoms with Crippen molar-refractivity contribution in [2.75, 3.05) is 11.1 Å². The molecule has 142 valence electrons. The summed E-state index contributed by atoms with van der Waals surface area (Å²) in [4.78, 5) is 15.9. The number of thioether (sulfide) groups is 1. The summed E-state index contributed by atoms with van der Waals surface area (Å²) in [6.07, 6.45) is 0.981. The van der Waals surface area contributed by atoms with Gasteiger partial charge in [-0.2, -0.15) is 0 Å². The van der Waals surface area contributed by atoms with Crippen LogP contribution in [0.15, 0.2) is 34.9 Å². The number of amides is 1. The Hall–Kier alpha value is -2.53. The third-order valence-corrected chi connectivity index (χ3v) is 5.15. The summed E-state index contributed by atoms with van der Waals surface area (Å²) in [7, 11) is 1.72. The van der Waals surface area contributed by atoms with E-state index in [0.29, 0.717) is 16.1 Å². The first kappa shape index (κ1) is 19.2. The Kier molecular flexibility index (Phi) is 6.01. The van der Waals surface area contributed by atoms with Crippen LogP contribution in [-0.2, 0) is 11.8 Å². The van der Waals surface area contributed by atoms with Crippen LogP contribution in [0.3, 0.4) is 0 Å². The molecular formula is C16H15F2N5O2S2. The zero-order valence-electron chi connectivity index (χ0n) is 14.3. The Morgan fingerprint density at radius 2 is 2.22 bits per heavy atom. The van der Waals surface area contributed by atoms with Crippen LogP contribution in [0.1, 0.15) is 18.9 Å². The van der Waals surface area contributed by atoms with Gasteiger partial charge in [0.25, 0.3) is 0 Å². The van der Waals surface area contributed by atoms with Gasteiger partial charge in [-0.15, -0.1) is 21.5 Å². The number of hydrogen-bond acceptors (Lipinski definition) is 7. The van der Waals surface area contributed by atoms with Gasteiger partial charge in [0, 0.05) is 24.7 Å². The summed E-state index contributed by atoms with van der Waals surface area (Å²) in [5.74, 6) is -1.19. The van der Waals surface area contributed by atoms with Crippen molar-refractivity contribution in [3.63, 3.8) is 0 Å². The maximum Gasteiger partial charge on any atom is 0.236 e. The van der Waals surface area contributed by atoms with E-state index in [4.69, 9.17) is 4.74 Å². The molecule has 0 fully saturated rings. The van der Waals surface area contributed by atoms with Gasteiger partial charge in [-0.3, -0.25) is 4.79 Å². The number of halogens is 2. The highest BCUT2D eigenvalue weighted by Crippen LogP contribution is 2.26. The van der Waals surface area contributed by atoms with Crippen LogP contribution in [0, 0.1) is 11.6 Å². The molecular weight excluding hydrogens is 396 g/mol. The SMILES string of the molecule is CC(Oc1ccc(F)cc1F)c1nnc(SCC(=O)Nc2nccs2)n1C. The Morgan fingerprint density at radius 1 is 1.41 bits per heavy atom. The van der Waals surface area contributed by atoms with Crippen LogP contribution in [0.5, 0.6) is 5.75 Å². The molecule has 1 aromatic carbocycles. The van der Waals surface area contributed by atoms with Crippen LogP contribution >= 0.6 is 23.1 Å². The average molecular weight is 411 g/mol. The Labute approximate surface area is 161 Å². The minimum Gasteiger partial charge on any atom is -0.480 e. The van der Waals surface area contributed by atoms with Crippen LogP contribution < -0.4 is 10.1 Å². The van der Waals surface area contributed by atoms with Gasteiger partial charge in [-0.05, 0) is 19.1 Å². The zero-order valence-corrected chi connectivity index (χ0v) is 16.0. The molecule has 0 spiro atoms. The molecule has 0 saturated carbocycles. The molecule has 7 nitrogen and oxygen atoms in total. The van der Waals surface area contributed by atoms with Crippen LogP contribution in [0.2, 0.25) is 0 Å².